The molecular formula is C18H29BN2O6. The predicted octanol–water partition coefficient (Wildman–Crippen LogP) is 0.436. The van der Waals surface area contributed by atoms with E-state index in [2.05, 4.69) is 4.90 Å². The Bertz CT molecular complexity index is 629. The molecule has 150 valence electrons. The van der Waals surface area contributed by atoms with Crippen molar-refractivity contribution in [1.29, 1.82) is 0 Å². The van der Waals surface area contributed by atoms with Crippen LogP contribution in [0.25, 0.3) is 0 Å². The van der Waals surface area contributed by atoms with Gasteiger partial charge in [-0.3, -0.25) is 4.90 Å². The van der Waals surface area contributed by atoms with Crippen LogP contribution in [0.15, 0.2) is 12.1 Å². The van der Waals surface area contributed by atoms with Crippen LogP contribution in [0.5, 0.6) is 11.5 Å². The van der Waals surface area contributed by atoms with Crippen molar-refractivity contribution in [3.05, 3.63) is 17.7 Å². The van der Waals surface area contributed by atoms with Crippen LogP contribution < -0.4 is 14.9 Å². The zero-order chi connectivity index (χ0) is 20.2. The van der Waals surface area contributed by atoms with Gasteiger partial charge in [0.25, 0.3) is 0 Å². The second-order valence-electron chi connectivity index (χ2n) is 7.53. The Hall–Kier alpha value is -1.97. The number of carbonyl (C=O) groups is 1. The highest BCUT2D eigenvalue weighted by molar-refractivity contribution is 6.61. The van der Waals surface area contributed by atoms with Crippen LogP contribution in [0.2, 0.25) is 0 Å². The fourth-order valence-corrected chi connectivity index (χ4v) is 3.01. The van der Waals surface area contributed by atoms with Gasteiger partial charge in [0.15, 0.2) is 0 Å². The predicted molar refractivity (Wildman–Crippen MR) is 102 cm³/mol. The number of ether oxygens (including phenoxy) is 3. The van der Waals surface area contributed by atoms with Gasteiger partial charge in [-0.1, -0.05) is 0 Å². The van der Waals surface area contributed by atoms with Gasteiger partial charge in [-0.15, -0.1) is 0 Å². The van der Waals surface area contributed by atoms with Crippen molar-refractivity contribution < 1.29 is 29.1 Å². The Labute approximate surface area is 160 Å². The van der Waals surface area contributed by atoms with E-state index in [0.29, 0.717) is 44.2 Å². The monoisotopic (exact) mass is 380 g/mol. The summed E-state index contributed by atoms with van der Waals surface area (Å²) in [6, 6.07) is 3.55. The van der Waals surface area contributed by atoms with Gasteiger partial charge in [-0.05, 0) is 38.5 Å². The lowest BCUT2D eigenvalue weighted by Crippen LogP contribution is -2.49. The van der Waals surface area contributed by atoms with Crippen LogP contribution in [0, 0.1) is 0 Å². The molecule has 0 spiro atoms. The maximum Gasteiger partial charge on any atom is 0.496 e. The molecule has 1 aliphatic heterocycles. The number of benzene rings is 1. The molecule has 0 aromatic heterocycles. The minimum absolute atomic E-state index is 0.207. The summed E-state index contributed by atoms with van der Waals surface area (Å²) < 4.78 is 16.0. The van der Waals surface area contributed by atoms with Gasteiger partial charge >= 0.3 is 13.2 Å². The third kappa shape index (κ3) is 5.75. The summed E-state index contributed by atoms with van der Waals surface area (Å²) in [7, 11) is 1.27. The van der Waals surface area contributed by atoms with Crippen LogP contribution in [0.4, 0.5) is 4.79 Å². The number of piperazine rings is 1. The summed E-state index contributed by atoms with van der Waals surface area (Å²) in [6.07, 6.45) is -0.285. The van der Waals surface area contributed by atoms with Crippen LogP contribution in [0.1, 0.15) is 26.3 Å². The van der Waals surface area contributed by atoms with E-state index in [1.807, 2.05) is 20.8 Å². The average Bonchev–Trinajstić information content (AvgIpc) is 2.59. The van der Waals surface area contributed by atoms with Gasteiger partial charge in [0.1, 0.15) is 17.1 Å². The van der Waals surface area contributed by atoms with Gasteiger partial charge in [-0.2, -0.15) is 0 Å². The minimum atomic E-state index is -1.68. The zero-order valence-corrected chi connectivity index (χ0v) is 16.7. The second kappa shape index (κ2) is 8.82. The molecule has 1 aromatic carbocycles. The molecule has 0 atom stereocenters. The number of hydrogen-bond acceptors (Lipinski definition) is 7. The number of rotatable bonds is 5. The highest BCUT2D eigenvalue weighted by Crippen LogP contribution is 2.22. The number of hydrogen-bond donors (Lipinski definition) is 2. The third-order valence-electron chi connectivity index (χ3n) is 4.29. The van der Waals surface area contributed by atoms with Gasteiger partial charge < -0.3 is 29.2 Å². The van der Waals surface area contributed by atoms with E-state index >= 15 is 0 Å². The third-order valence-corrected chi connectivity index (χ3v) is 4.29. The Morgan fingerprint density at radius 2 is 1.59 bits per heavy atom. The first-order chi connectivity index (χ1) is 12.6. The number of nitrogens with zero attached hydrogens (tertiary/aromatic N) is 2. The molecule has 2 rings (SSSR count). The average molecular weight is 380 g/mol. The first kappa shape index (κ1) is 21.3. The lowest BCUT2D eigenvalue weighted by molar-refractivity contribution is 0.0139. The molecule has 0 bridgehead atoms. The van der Waals surface area contributed by atoms with E-state index in [-0.39, 0.29) is 11.6 Å². The molecule has 2 N–H and O–H groups in total. The van der Waals surface area contributed by atoms with Crippen LogP contribution in [-0.2, 0) is 11.3 Å². The summed E-state index contributed by atoms with van der Waals surface area (Å²) in [5.41, 5.74) is 0.637. The molecule has 1 fully saturated rings. The quantitative estimate of drug-likeness (QED) is 0.716. The van der Waals surface area contributed by atoms with E-state index in [1.165, 1.54) is 14.2 Å². The highest BCUT2D eigenvalue weighted by atomic mass is 16.6. The Kier molecular flexibility index (Phi) is 6.97. The maximum absolute atomic E-state index is 12.2. The summed E-state index contributed by atoms with van der Waals surface area (Å²) >= 11 is 0. The molecule has 0 unspecified atom stereocenters. The molecule has 9 heteroatoms. The largest absolute Gasteiger partial charge is 0.497 e. The maximum atomic E-state index is 12.2. The van der Waals surface area contributed by atoms with Gasteiger partial charge in [0.05, 0.1) is 19.7 Å². The van der Waals surface area contributed by atoms with E-state index < -0.39 is 12.7 Å². The fourth-order valence-electron chi connectivity index (χ4n) is 3.01. The van der Waals surface area contributed by atoms with Crippen molar-refractivity contribution in [2.24, 2.45) is 0 Å². The molecule has 1 aliphatic rings. The Morgan fingerprint density at radius 1 is 1.07 bits per heavy atom. The van der Waals surface area contributed by atoms with Crippen molar-refractivity contribution in [3.8, 4) is 11.5 Å². The molecule has 27 heavy (non-hydrogen) atoms. The standard InChI is InChI=1S/C18H29BN2O6/c1-18(2,3)27-17(22)21-8-6-20(7-9-21)12-13-10-14(25-4)16(19(23)24)15(11-13)26-5/h10-11,23-24H,6-9,12H2,1-5H3. The van der Waals surface area contributed by atoms with Gasteiger partial charge in [0, 0.05) is 32.7 Å². The van der Waals surface area contributed by atoms with E-state index in [4.69, 9.17) is 14.2 Å². The molecule has 0 saturated carbocycles. The Morgan fingerprint density at radius 3 is 2.00 bits per heavy atom. The first-order valence-electron chi connectivity index (χ1n) is 8.96. The van der Waals surface area contributed by atoms with E-state index in [9.17, 15) is 14.8 Å². The van der Waals surface area contributed by atoms with Gasteiger partial charge in [-0.25, -0.2) is 4.79 Å². The van der Waals surface area contributed by atoms with Crippen LogP contribution in [0.3, 0.4) is 0 Å². The molecule has 1 amide bonds. The zero-order valence-electron chi connectivity index (χ0n) is 16.7. The summed E-state index contributed by atoms with van der Waals surface area (Å²) in [5.74, 6) is 0.735. The molecule has 1 saturated heterocycles. The highest BCUT2D eigenvalue weighted by Gasteiger charge is 2.27. The lowest BCUT2D eigenvalue weighted by Gasteiger charge is -2.35. The molecule has 0 aliphatic carbocycles. The topological polar surface area (TPSA) is 91.7 Å². The molecule has 1 heterocycles. The fraction of sp³-hybridized carbons (Fsp3) is 0.611. The Balaban J connectivity index is 2.02. The van der Waals surface area contributed by atoms with Crippen molar-refractivity contribution in [2.45, 2.75) is 32.9 Å². The van der Waals surface area contributed by atoms with E-state index in [0.717, 1.165) is 5.56 Å². The summed E-state index contributed by atoms with van der Waals surface area (Å²) in [5, 5.41) is 19.1. The van der Waals surface area contributed by atoms with Crippen molar-refractivity contribution >= 4 is 18.7 Å². The van der Waals surface area contributed by atoms with E-state index in [1.54, 1.807) is 17.0 Å². The molecule has 8 nitrogen and oxygen atoms in total. The first-order valence-corrected chi connectivity index (χ1v) is 8.96. The number of carbonyl (C=O) groups excluding carboxylic acids is 1. The summed E-state index contributed by atoms with van der Waals surface area (Å²) in [6.45, 7) is 8.82. The minimum Gasteiger partial charge on any atom is -0.497 e. The molecule has 1 aromatic rings. The van der Waals surface area contributed by atoms with Crippen molar-refractivity contribution in [3.63, 3.8) is 0 Å². The number of methoxy groups -OCH3 is 2. The van der Waals surface area contributed by atoms with Gasteiger partial charge in [0.2, 0.25) is 0 Å². The SMILES string of the molecule is COc1cc(CN2CCN(C(=O)OC(C)(C)C)CC2)cc(OC)c1B(O)O. The van der Waals surface area contributed by atoms with Crippen molar-refractivity contribution in [2.75, 3.05) is 40.4 Å². The van der Waals surface area contributed by atoms with Crippen molar-refractivity contribution in [1.82, 2.24) is 9.80 Å². The van der Waals surface area contributed by atoms with Crippen LogP contribution in [-0.4, -0.2) is 79.1 Å². The lowest BCUT2D eigenvalue weighted by atomic mass is 9.78. The summed E-state index contributed by atoms with van der Waals surface area (Å²) in [4.78, 5) is 16.1. The molecular weight excluding hydrogens is 351 g/mol. The molecule has 0 radical (unpaired) electrons. The normalized spacial score (nSPS) is 15.4. The second-order valence-corrected chi connectivity index (χ2v) is 7.53. The van der Waals surface area contributed by atoms with Crippen LogP contribution >= 0.6 is 0 Å². The number of amides is 1. The smallest absolute Gasteiger partial charge is 0.496 e.